The Morgan fingerprint density at radius 2 is 1.93 bits per heavy atom. The van der Waals surface area contributed by atoms with Crippen LogP contribution in [0.3, 0.4) is 0 Å². The van der Waals surface area contributed by atoms with Crippen molar-refractivity contribution in [2.75, 3.05) is 33.2 Å². The van der Waals surface area contributed by atoms with Crippen molar-refractivity contribution in [1.29, 1.82) is 0 Å². The van der Waals surface area contributed by atoms with Gasteiger partial charge in [-0.1, -0.05) is 18.2 Å². The van der Waals surface area contributed by atoms with Crippen LogP contribution in [0, 0.1) is 5.92 Å². The fourth-order valence-corrected chi connectivity index (χ4v) is 5.06. The van der Waals surface area contributed by atoms with Crippen molar-refractivity contribution in [2.24, 2.45) is 17.4 Å². The largest absolute Gasteiger partial charge is 0.369 e. The summed E-state index contributed by atoms with van der Waals surface area (Å²) in [7, 11) is 2.15. The van der Waals surface area contributed by atoms with E-state index in [9.17, 15) is 9.59 Å². The van der Waals surface area contributed by atoms with Gasteiger partial charge in [0.25, 0.3) is 0 Å². The van der Waals surface area contributed by atoms with E-state index in [-0.39, 0.29) is 19.0 Å². The monoisotopic (exact) mass is 395 g/mol. The van der Waals surface area contributed by atoms with Crippen LogP contribution in [0.5, 0.6) is 0 Å². The molecular formula is C22H29N5O2. The number of rotatable bonds is 7. The van der Waals surface area contributed by atoms with Gasteiger partial charge in [-0.3, -0.25) is 19.4 Å². The molecule has 2 atom stereocenters. The lowest BCUT2D eigenvalue weighted by molar-refractivity contribution is -0.122. The molecule has 2 aromatic rings. The smallest absolute Gasteiger partial charge is 0.231 e. The van der Waals surface area contributed by atoms with Crippen molar-refractivity contribution in [3.05, 3.63) is 41.6 Å². The van der Waals surface area contributed by atoms with Gasteiger partial charge in [0.05, 0.1) is 13.1 Å². The Labute approximate surface area is 170 Å². The molecule has 154 valence electrons. The van der Waals surface area contributed by atoms with Gasteiger partial charge in [-0.15, -0.1) is 0 Å². The highest BCUT2D eigenvalue weighted by molar-refractivity contribution is 5.98. The van der Waals surface area contributed by atoms with Crippen LogP contribution in [0.15, 0.2) is 30.5 Å². The Morgan fingerprint density at radius 3 is 2.59 bits per heavy atom. The van der Waals surface area contributed by atoms with Crippen LogP contribution in [-0.2, 0) is 22.6 Å². The molecule has 2 heterocycles. The van der Waals surface area contributed by atoms with Gasteiger partial charge in [-0.05, 0) is 43.2 Å². The first-order chi connectivity index (χ1) is 13.9. The van der Waals surface area contributed by atoms with Crippen LogP contribution in [-0.4, -0.2) is 65.4 Å². The molecule has 1 aliphatic heterocycles. The number of primary amides is 2. The van der Waals surface area contributed by atoms with Gasteiger partial charge in [0.2, 0.25) is 11.8 Å². The van der Waals surface area contributed by atoms with Crippen molar-refractivity contribution < 1.29 is 9.59 Å². The van der Waals surface area contributed by atoms with Crippen LogP contribution in [0.1, 0.15) is 18.1 Å². The second-order valence-electron chi connectivity index (χ2n) is 8.28. The summed E-state index contributed by atoms with van der Waals surface area (Å²) in [6.07, 6.45) is 5.63. The molecular weight excluding hydrogens is 366 g/mol. The molecule has 0 bridgehead atoms. The number of carbonyl (C=O) groups is 2. The summed E-state index contributed by atoms with van der Waals surface area (Å²) in [5.74, 6) is -0.710. The SMILES string of the molecule is CCn1cc2c3c(cccc31)C1=C[C@@H](CN(CC(N)=O)CC(N)=O)CN(C)[C@@H]1C2. The van der Waals surface area contributed by atoms with Crippen molar-refractivity contribution in [3.8, 4) is 0 Å². The highest BCUT2D eigenvalue weighted by Gasteiger charge is 2.34. The summed E-state index contributed by atoms with van der Waals surface area (Å²) >= 11 is 0. The van der Waals surface area contributed by atoms with Crippen molar-refractivity contribution in [2.45, 2.75) is 25.9 Å². The lowest BCUT2D eigenvalue weighted by Crippen LogP contribution is -2.47. The molecule has 0 spiro atoms. The molecule has 0 saturated heterocycles. The predicted molar refractivity (Wildman–Crippen MR) is 114 cm³/mol. The first kappa shape index (κ1) is 19.7. The number of hydrogen-bond donors (Lipinski definition) is 2. The normalized spacial score (nSPS) is 21.3. The zero-order chi connectivity index (χ0) is 20.7. The Morgan fingerprint density at radius 1 is 1.21 bits per heavy atom. The Hall–Kier alpha value is -2.64. The minimum Gasteiger partial charge on any atom is -0.369 e. The van der Waals surface area contributed by atoms with E-state index in [1.807, 2.05) is 0 Å². The topological polar surface area (TPSA) is 97.6 Å². The van der Waals surface area contributed by atoms with Gasteiger partial charge in [0.1, 0.15) is 0 Å². The number of fused-ring (bicyclic) bond motifs is 2. The first-order valence-corrected chi connectivity index (χ1v) is 10.2. The van der Waals surface area contributed by atoms with Gasteiger partial charge in [-0.25, -0.2) is 0 Å². The fraction of sp³-hybridized carbons (Fsp3) is 0.455. The number of amides is 2. The van der Waals surface area contributed by atoms with Crippen LogP contribution >= 0.6 is 0 Å². The highest BCUT2D eigenvalue weighted by Crippen LogP contribution is 2.41. The van der Waals surface area contributed by atoms with E-state index in [0.717, 1.165) is 19.5 Å². The molecule has 29 heavy (non-hydrogen) atoms. The van der Waals surface area contributed by atoms with Gasteiger partial charge >= 0.3 is 0 Å². The zero-order valence-electron chi connectivity index (χ0n) is 17.1. The van der Waals surface area contributed by atoms with Gasteiger partial charge in [0, 0.05) is 48.7 Å². The molecule has 4 rings (SSSR count). The number of benzene rings is 1. The first-order valence-electron chi connectivity index (χ1n) is 10.2. The van der Waals surface area contributed by atoms with Crippen LogP contribution in [0.25, 0.3) is 16.5 Å². The minimum atomic E-state index is -0.450. The van der Waals surface area contributed by atoms with E-state index in [2.05, 4.69) is 53.9 Å². The van der Waals surface area contributed by atoms with Crippen molar-refractivity contribution in [1.82, 2.24) is 14.4 Å². The maximum absolute atomic E-state index is 11.4. The average Bonchev–Trinajstić information content (AvgIpc) is 3.01. The number of aryl methyl sites for hydroxylation is 1. The lowest BCUT2D eigenvalue weighted by Gasteiger charge is -2.41. The average molecular weight is 396 g/mol. The van der Waals surface area contributed by atoms with Crippen LogP contribution in [0.4, 0.5) is 0 Å². The fourth-order valence-electron chi connectivity index (χ4n) is 5.06. The number of carbonyl (C=O) groups excluding carboxylic acids is 2. The van der Waals surface area contributed by atoms with E-state index in [4.69, 9.17) is 11.5 Å². The van der Waals surface area contributed by atoms with Gasteiger partial charge in [0.15, 0.2) is 0 Å². The summed E-state index contributed by atoms with van der Waals surface area (Å²) < 4.78 is 2.32. The molecule has 1 aliphatic carbocycles. The molecule has 0 saturated carbocycles. The quantitative estimate of drug-likeness (QED) is 0.725. The van der Waals surface area contributed by atoms with Crippen LogP contribution < -0.4 is 11.5 Å². The second kappa shape index (κ2) is 7.65. The molecule has 7 heteroatoms. The van der Waals surface area contributed by atoms with Crippen LogP contribution in [0.2, 0.25) is 0 Å². The molecule has 1 aromatic heterocycles. The lowest BCUT2D eigenvalue weighted by atomic mass is 9.80. The third kappa shape index (κ3) is 3.68. The molecule has 2 amide bonds. The number of hydrogen-bond acceptors (Lipinski definition) is 4. The zero-order valence-corrected chi connectivity index (χ0v) is 17.1. The van der Waals surface area contributed by atoms with Crippen molar-refractivity contribution >= 4 is 28.3 Å². The molecule has 0 radical (unpaired) electrons. The van der Waals surface area contributed by atoms with E-state index in [1.54, 1.807) is 4.90 Å². The summed E-state index contributed by atoms with van der Waals surface area (Å²) in [5, 5.41) is 1.36. The van der Waals surface area contributed by atoms with Crippen molar-refractivity contribution in [3.63, 3.8) is 0 Å². The summed E-state index contributed by atoms with van der Waals surface area (Å²) in [6, 6.07) is 6.88. The predicted octanol–water partition coefficient (Wildman–Crippen LogP) is 0.804. The molecule has 0 unspecified atom stereocenters. The highest BCUT2D eigenvalue weighted by atomic mass is 16.2. The Bertz CT molecular complexity index is 976. The maximum Gasteiger partial charge on any atom is 0.231 e. The maximum atomic E-state index is 11.4. The van der Waals surface area contributed by atoms with E-state index in [0.29, 0.717) is 12.6 Å². The van der Waals surface area contributed by atoms with E-state index in [1.165, 1.54) is 27.6 Å². The number of nitrogens with two attached hydrogens (primary N) is 2. The molecule has 0 fully saturated rings. The Balaban J connectivity index is 1.70. The standard InChI is InChI=1S/C22H29N5O2/c1-3-27-11-15-8-19-17(16-5-4-6-18(27)22(15)16)7-14(9-25(19)2)10-26(12-20(23)28)13-21(24)29/h4-7,11,14,19H,3,8-10,12-13H2,1-2H3,(H2,23,28)(H2,24,29)/t14-,19-/m1/s1. The summed E-state index contributed by atoms with van der Waals surface area (Å²) in [4.78, 5) is 27.0. The second-order valence-corrected chi connectivity index (χ2v) is 8.28. The molecule has 4 N–H and O–H groups in total. The summed E-state index contributed by atoms with van der Waals surface area (Å²) in [6.45, 7) is 4.64. The third-order valence-corrected chi connectivity index (χ3v) is 6.13. The molecule has 7 nitrogen and oxygen atoms in total. The number of aromatic nitrogens is 1. The molecule has 2 aliphatic rings. The van der Waals surface area contributed by atoms with Gasteiger partial charge < -0.3 is 16.0 Å². The number of likely N-dealkylation sites (N-methyl/N-ethyl adjacent to an activating group) is 1. The van der Waals surface area contributed by atoms with E-state index >= 15 is 0 Å². The number of nitrogens with zero attached hydrogens (tertiary/aromatic N) is 3. The molecule has 1 aromatic carbocycles. The summed E-state index contributed by atoms with van der Waals surface area (Å²) in [5.41, 5.74) is 16.1. The van der Waals surface area contributed by atoms with Gasteiger partial charge in [-0.2, -0.15) is 0 Å². The third-order valence-electron chi connectivity index (χ3n) is 6.13. The Kier molecular flexibility index (Phi) is 5.19. The van der Waals surface area contributed by atoms with E-state index < -0.39 is 11.8 Å². The minimum absolute atomic E-state index is 0.0365.